The Morgan fingerprint density at radius 1 is 1.36 bits per heavy atom. The number of hydrogen-bond donors (Lipinski definition) is 1. The molecule has 6 heteroatoms. The van der Waals surface area contributed by atoms with Gasteiger partial charge in [-0.2, -0.15) is 5.26 Å². The zero-order valence-corrected chi connectivity index (χ0v) is 14.3. The Bertz CT molecular complexity index is 448. The van der Waals surface area contributed by atoms with E-state index in [1.807, 2.05) is 18.7 Å². The molecule has 1 aliphatic rings. The average Bonchev–Trinajstić information content (AvgIpc) is 2.46. The van der Waals surface area contributed by atoms with E-state index >= 15 is 0 Å². The quantitative estimate of drug-likeness (QED) is 0.816. The molecule has 22 heavy (non-hydrogen) atoms. The van der Waals surface area contributed by atoms with Gasteiger partial charge in [-0.15, -0.1) is 0 Å². The van der Waals surface area contributed by atoms with Gasteiger partial charge in [-0.1, -0.05) is 13.8 Å². The summed E-state index contributed by atoms with van der Waals surface area (Å²) in [6, 6.07) is 2.18. The fraction of sp³-hybridized carbons (Fsp3) is 0.812. The summed E-state index contributed by atoms with van der Waals surface area (Å²) in [5, 5.41) is 12.1. The fourth-order valence-corrected chi connectivity index (χ4v) is 2.54. The molecular formula is C16H28N4O2. The minimum absolute atomic E-state index is 0.0462. The Morgan fingerprint density at radius 2 is 1.91 bits per heavy atom. The van der Waals surface area contributed by atoms with Gasteiger partial charge in [0.15, 0.2) is 0 Å². The summed E-state index contributed by atoms with van der Waals surface area (Å²) in [4.78, 5) is 27.7. The Labute approximate surface area is 133 Å². The molecule has 1 heterocycles. The van der Waals surface area contributed by atoms with Crippen molar-refractivity contribution in [2.45, 2.75) is 39.2 Å². The van der Waals surface area contributed by atoms with Crippen molar-refractivity contribution in [2.75, 3.05) is 33.7 Å². The van der Waals surface area contributed by atoms with E-state index in [1.54, 1.807) is 25.9 Å². The molecule has 1 fully saturated rings. The highest BCUT2D eigenvalue weighted by molar-refractivity contribution is 5.80. The van der Waals surface area contributed by atoms with Gasteiger partial charge in [-0.3, -0.25) is 14.5 Å². The molecule has 6 nitrogen and oxygen atoms in total. The van der Waals surface area contributed by atoms with Crippen molar-refractivity contribution in [3.63, 3.8) is 0 Å². The summed E-state index contributed by atoms with van der Waals surface area (Å²) in [6.07, 6.45) is 1.56. The molecule has 0 spiro atoms. The third-order valence-corrected chi connectivity index (χ3v) is 4.53. The zero-order valence-electron chi connectivity index (χ0n) is 14.3. The largest absolute Gasteiger partial charge is 0.349 e. The lowest BCUT2D eigenvalue weighted by Crippen LogP contribution is -2.52. The Balaban J connectivity index is 2.46. The third kappa shape index (κ3) is 4.70. The van der Waals surface area contributed by atoms with E-state index in [0.29, 0.717) is 0 Å². The highest BCUT2D eigenvalue weighted by Crippen LogP contribution is 2.19. The van der Waals surface area contributed by atoms with Gasteiger partial charge in [-0.05, 0) is 38.8 Å². The van der Waals surface area contributed by atoms with Crippen molar-refractivity contribution < 1.29 is 9.59 Å². The number of amides is 2. The Kier molecular flexibility index (Phi) is 6.36. The number of likely N-dealkylation sites (tertiary alicyclic amines) is 1. The Morgan fingerprint density at radius 3 is 2.32 bits per heavy atom. The lowest BCUT2D eigenvalue weighted by Gasteiger charge is -2.33. The summed E-state index contributed by atoms with van der Waals surface area (Å²) < 4.78 is 0. The topological polar surface area (TPSA) is 76.4 Å². The van der Waals surface area contributed by atoms with Crippen LogP contribution < -0.4 is 5.32 Å². The van der Waals surface area contributed by atoms with Gasteiger partial charge >= 0.3 is 0 Å². The predicted octanol–water partition coefficient (Wildman–Crippen LogP) is 0.841. The van der Waals surface area contributed by atoms with Gasteiger partial charge in [0, 0.05) is 20.0 Å². The lowest BCUT2D eigenvalue weighted by molar-refractivity contribution is -0.134. The van der Waals surface area contributed by atoms with Crippen molar-refractivity contribution in [1.29, 1.82) is 5.26 Å². The van der Waals surface area contributed by atoms with E-state index in [-0.39, 0.29) is 30.2 Å². The van der Waals surface area contributed by atoms with Crippen molar-refractivity contribution in [3.8, 4) is 6.07 Å². The van der Waals surface area contributed by atoms with E-state index in [0.717, 1.165) is 25.9 Å². The second kappa shape index (κ2) is 7.59. The van der Waals surface area contributed by atoms with Crippen LogP contribution in [0.3, 0.4) is 0 Å². The highest BCUT2D eigenvalue weighted by Gasteiger charge is 2.31. The van der Waals surface area contributed by atoms with Gasteiger partial charge in [0.2, 0.25) is 11.8 Å². The molecule has 0 saturated carbocycles. The number of hydrogen-bond acceptors (Lipinski definition) is 4. The summed E-state index contributed by atoms with van der Waals surface area (Å²) >= 11 is 0. The van der Waals surface area contributed by atoms with Crippen LogP contribution in [0.2, 0.25) is 0 Å². The molecule has 1 saturated heterocycles. The first-order valence-electron chi connectivity index (χ1n) is 7.85. The maximum absolute atomic E-state index is 12.1. The van der Waals surface area contributed by atoms with Crippen LogP contribution in [0, 0.1) is 23.2 Å². The molecule has 1 rings (SSSR count). The normalized spacial score (nSPS) is 19.3. The van der Waals surface area contributed by atoms with Crippen LogP contribution in [0.5, 0.6) is 0 Å². The smallest absolute Gasteiger partial charge is 0.235 e. The summed E-state index contributed by atoms with van der Waals surface area (Å²) in [5.41, 5.74) is -0.837. The van der Waals surface area contributed by atoms with E-state index in [2.05, 4.69) is 11.4 Å². The first-order valence-corrected chi connectivity index (χ1v) is 7.85. The third-order valence-electron chi connectivity index (χ3n) is 4.53. The standard InChI is InChI=1S/C16H28N4O2/c1-12(2)16(3,11-17)18-14(21)10-20-8-6-13(7-9-20)15(22)19(4)5/h12-13H,6-10H2,1-5H3,(H,18,21). The number of nitrogens with zero attached hydrogens (tertiary/aromatic N) is 3. The molecule has 1 aliphatic heterocycles. The van der Waals surface area contributed by atoms with Crippen molar-refractivity contribution >= 4 is 11.8 Å². The maximum atomic E-state index is 12.1. The maximum Gasteiger partial charge on any atom is 0.235 e. The molecule has 124 valence electrons. The van der Waals surface area contributed by atoms with Gasteiger partial charge in [0.25, 0.3) is 0 Å². The monoisotopic (exact) mass is 308 g/mol. The van der Waals surface area contributed by atoms with E-state index in [4.69, 9.17) is 0 Å². The average molecular weight is 308 g/mol. The molecule has 1 N–H and O–H groups in total. The first-order chi connectivity index (χ1) is 10.2. The van der Waals surface area contributed by atoms with Gasteiger partial charge in [-0.25, -0.2) is 0 Å². The van der Waals surface area contributed by atoms with Crippen LogP contribution >= 0.6 is 0 Å². The van der Waals surface area contributed by atoms with Gasteiger partial charge in [0.1, 0.15) is 5.54 Å². The molecule has 0 bridgehead atoms. The molecule has 2 amide bonds. The van der Waals surface area contributed by atoms with Crippen LogP contribution in [0.15, 0.2) is 0 Å². The van der Waals surface area contributed by atoms with Crippen molar-refractivity contribution in [1.82, 2.24) is 15.1 Å². The summed E-state index contributed by atoms with van der Waals surface area (Å²) in [7, 11) is 3.55. The van der Waals surface area contributed by atoms with E-state index in [1.165, 1.54) is 0 Å². The highest BCUT2D eigenvalue weighted by atomic mass is 16.2. The molecule has 0 aromatic carbocycles. The molecular weight excluding hydrogens is 280 g/mol. The van der Waals surface area contributed by atoms with Crippen molar-refractivity contribution in [2.24, 2.45) is 11.8 Å². The summed E-state index contributed by atoms with van der Waals surface area (Å²) in [6.45, 7) is 7.35. The van der Waals surface area contributed by atoms with Crippen LogP contribution in [0.1, 0.15) is 33.6 Å². The first kappa shape index (κ1) is 18.4. The number of piperidine rings is 1. The molecule has 1 atom stereocenters. The fourth-order valence-electron chi connectivity index (χ4n) is 2.54. The minimum Gasteiger partial charge on any atom is -0.349 e. The van der Waals surface area contributed by atoms with Crippen molar-refractivity contribution in [3.05, 3.63) is 0 Å². The van der Waals surface area contributed by atoms with E-state index < -0.39 is 5.54 Å². The molecule has 0 aromatic heterocycles. The number of rotatable bonds is 5. The number of carbonyl (C=O) groups is 2. The Hall–Kier alpha value is -1.61. The molecule has 0 aliphatic carbocycles. The molecule has 0 aromatic rings. The summed E-state index contributed by atoms with van der Waals surface area (Å²) in [5.74, 6) is 0.148. The molecule has 1 unspecified atom stereocenters. The van der Waals surface area contributed by atoms with Crippen LogP contribution in [0.4, 0.5) is 0 Å². The number of nitrogens with one attached hydrogen (secondary N) is 1. The second-order valence-corrected chi connectivity index (χ2v) is 6.80. The van der Waals surface area contributed by atoms with E-state index in [9.17, 15) is 14.9 Å². The van der Waals surface area contributed by atoms with Gasteiger partial charge < -0.3 is 10.2 Å². The zero-order chi connectivity index (χ0) is 16.9. The van der Waals surface area contributed by atoms with Crippen LogP contribution in [-0.4, -0.2) is 60.9 Å². The SMILES string of the molecule is CC(C)C(C)(C#N)NC(=O)CN1CCC(C(=O)N(C)C)CC1. The number of nitriles is 1. The van der Waals surface area contributed by atoms with Crippen LogP contribution in [-0.2, 0) is 9.59 Å². The predicted molar refractivity (Wildman–Crippen MR) is 84.9 cm³/mol. The second-order valence-electron chi connectivity index (χ2n) is 6.80. The van der Waals surface area contributed by atoms with Crippen LogP contribution in [0.25, 0.3) is 0 Å². The lowest BCUT2D eigenvalue weighted by atomic mass is 9.90. The minimum atomic E-state index is -0.837. The number of carbonyl (C=O) groups excluding carboxylic acids is 2. The van der Waals surface area contributed by atoms with Gasteiger partial charge in [0.05, 0.1) is 12.6 Å². The molecule has 0 radical (unpaired) electrons.